The molecular weight excluding hydrogens is 234 g/mol. The Morgan fingerprint density at radius 1 is 1.41 bits per heavy atom. The van der Waals surface area contributed by atoms with E-state index in [1.54, 1.807) is 6.07 Å². The van der Waals surface area contributed by atoms with Crippen LogP contribution in [-0.2, 0) is 0 Å². The third-order valence-corrected chi connectivity index (χ3v) is 3.72. The number of nitriles is 1. The molecule has 4 heteroatoms. The summed E-state index contributed by atoms with van der Waals surface area (Å²) in [7, 11) is 2.13. The lowest BCUT2D eigenvalue weighted by molar-refractivity contribution is 0.234. The van der Waals surface area contributed by atoms with Gasteiger partial charge in [0, 0.05) is 25.7 Å². The molecule has 0 bridgehead atoms. The minimum atomic E-state index is 0.495. The second kappa shape index (κ2) is 4.95. The smallest absolute Gasteiger partial charge is 0.103 e. The van der Waals surface area contributed by atoms with E-state index >= 15 is 0 Å². The molecule has 1 fully saturated rings. The molecule has 1 aromatic rings. The molecule has 2 rings (SSSR count). The minimum Gasteiger partial charge on any atom is -0.368 e. The van der Waals surface area contributed by atoms with Crippen molar-refractivity contribution in [1.29, 1.82) is 5.26 Å². The van der Waals surface area contributed by atoms with Gasteiger partial charge < -0.3 is 9.80 Å². The minimum absolute atomic E-state index is 0.495. The number of likely N-dealkylation sites (N-methyl/N-ethyl adjacent to an activating group) is 1. The van der Waals surface area contributed by atoms with E-state index in [9.17, 15) is 5.26 Å². The largest absolute Gasteiger partial charge is 0.368 e. The molecule has 1 aliphatic rings. The quantitative estimate of drug-likeness (QED) is 0.766. The Bertz CT molecular complexity index is 452. The van der Waals surface area contributed by atoms with Gasteiger partial charge in [0.1, 0.15) is 6.07 Å². The summed E-state index contributed by atoms with van der Waals surface area (Å²) < 4.78 is 0. The zero-order valence-corrected chi connectivity index (χ0v) is 10.9. The van der Waals surface area contributed by atoms with Crippen molar-refractivity contribution in [3.05, 3.63) is 28.8 Å². The van der Waals surface area contributed by atoms with Gasteiger partial charge in [0.15, 0.2) is 0 Å². The second-order valence-corrected chi connectivity index (χ2v) is 4.93. The molecule has 1 saturated heterocycles. The number of hydrogen-bond donors (Lipinski definition) is 0. The van der Waals surface area contributed by atoms with Crippen LogP contribution in [0.15, 0.2) is 18.2 Å². The standard InChI is InChI=1S/C13H16ClN3/c1-10-9-17(7-6-16(10)2)13-5-3-4-12(14)11(13)8-15/h3-5,10H,6-7,9H2,1-2H3. The molecule has 0 radical (unpaired) electrons. The van der Waals surface area contributed by atoms with Gasteiger partial charge in [0.2, 0.25) is 0 Å². The van der Waals surface area contributed by atoms with Crippen LogP contribution in [-0.4, -0.2) is 37.6 Å². The molecule has 0 N–H and O–H groups in total. The Morgan fingerprint density at radius 3 is 2.82 bits per heavy atom. The van der Waals surface area contributed by atoms with Crippen LogP contribution in [0.1, 0.15) is 12.5 Å². The number of rotatable bonds is 1. The van der Waals surface area contributed by atoms with Gasteiger partial charge in [-0.25, -0.2) is 0 Å². The highest BCUT2D eigenvalue weighted by Crippen LogP contribution is 2.28. The fourth-order valence-electron chi connectivity index (χ4n) is 2.15. The van der Waals surface area contributed by atoms with Crippen molar-refractivity contribution in [2.24, 2.45) is 0 Å². The summed E-state index contributed by atoms with van der Waals surface area (Å²) in [6.07, 6.45) is 0. The van der Waals surface area contributed by atoms with E-state index in [0.717, 1.165) is 25.3 Å². The van der Waals surface area contributed by atoms with E-state index in [2.05, 4.69) is 29.8 Å². The maximum atomic E-state index is 9.18. The molecule has 17 heavy (non-hydrogen) atoms. The van der Waals surface area contributed by atoms with E-state index < -0.39 is 0 Å². The Labute approximate surface area is 107 Å². The van der Waals surface area contributed by atoms with Crippen molar-refractivity contribution in [2.75, 3.05) is 31.6 Å². The van der Waals surface area contributed by atoms with Gasteiger partial charge in [0.05, 0.1) is 16.3 Å². The molecule has 1 heterocycles. The lowest BCUT2D eigenvalue weighted by Crippen LogP contribution is -2.50. The van der Waals surface area contributed by atoms with Gasteiger partial charge in [0.25, 0.3) is 0 Å². The van der Waals surface area contributed by atoms with Crippen molar-refractivity contribution in [1.82, 2.24) is 4.90 Å². The molecule has 1 aromatic carbocycles. The maximum Gasteiger partial charge on any atom is 0.103 e. The first kappa shape index (κ1) is 12.2. The molecule has 90 valence electrons. The van der Waals surface area contributed by atoms with Crippen LogP contribution in [0.25, 0.3) is 0 Å². The molecule has 1 unspecified atom stereocenters. The fourth-order valence-corrected chi connectivity index (χ4v) is 2.37. The molecule has 0 spiro atoms. The molecular formula is C13H16ClN3. The van der Waals surface area contributed by atoms with Gasteiger partial charge >= 0.3 is 0 Å². The van der Waals surface area contributed by atoms with E-state index in [-0.39, 0.29) is 0 Å². The van der Waals surface area contributed by atoms with Crippen molar-refractivity contribution < 1.29 is 0 Å². The third kappa shape index (κ3) is 2.38. The summed E-state index contributed by atoms with van der Waals surface area (Å²) >= 11 is 6.05. The lowest BCUT2D eigenvalue weighted by Gasteiger charge is -2.39. The summed E-state index contributed by atoms with van der Waals surface area (Å²) in [6.45, 7) is 5.09. The predicted molar refractivity (Wildman–Crippen MR) is 70.5 cm³/mol. The summed E-state index contributed by atoms with van der Waals surface area (Å²) in [5.74, 6) is 0. The summed E-state index contributed by atoms with van der Waals surface area (Å²) in [6, 6.07) is 8.34. The molecule has 0 saturated carbocycles. The van der Waals surface area contributed by atoms with Crippen LogP contribution in [0.3, 0.4) is 0 Å². The van der Waals surface area contributed by atoms with Crippen molar-refractivity contribution in [3.8, 4) is 6.07 Å². The predicted octanol–water partition coefficient (Wildman–Crippen LogP) is 2.35. The summed E-state index contributed by atoms with van der Waals surface area (Å²) in [5, 5.41) is 9.71. The maximum absolute atomic E-state index is 9.18. The van der Waals surface area contributed by atoms with E-state index in [4.69, 9.17) is 11.6 Å². The van der Waals surface area contributed by atoms with E-state index in [0.29, 0.717) is 16.6 Å². The highest BCUT2D eigenvalue weighted by atomic mass is 35.5. The topological polar surface area (TPSA) is 30.3 Å². The SMILES string of the molecule is CC1CN(c2cccc(Cl)c2C#N)CCN1C. The monoisotopic (exact) mass is 249 g/mol. The molecule has 0 aromatic heterocycles. The number of nitrogens with zero attached hydrogens (tertiary/aromatic N) is 3. The first-order chi connectivity index (χ1) is 8.13. The number of hydrogen-bond acceptors (Lipinski definition) is 3. The Balaban J connectivity index is 2.29. The number of halogens is 1. The highest BCUT2D eigenvalue weighted by molar-refractivity contribution is 6.32. The number of piperazine rings is 1. The lowest BCUT2D eigenvalue weighted by atomic mass is 10.1. The molecule has 1 aliphatic heterocycles. The average Bonchev–Trinajstić information content (AvgIpc) is 2.32. The highest BCUT2D eigenvalue weighted by Gasteiger charge is 2.23. The van der Waals surface area contributed by atoms with Crippen LogP contribution >= 0.6 is 11.6 Å². The van der Waals surface area contributed by atoms with Crippen LogP contribution < -0.4 is 4.90 Å². The van der Waals surface area contributed by atoms with Crippen molar-refractivity contribution in [3.63, 3.8) is 0 Å². The van der Waals surface area contributed by atoms with Gasteiger partial charge in [-0.1, -0.05) is 17.7 Å². The Morgan fingerprint density at radius 2 is 2.18 bits per heavy atom. The van der Waals surface area contributed by atoms with Crippen LogP contribution in [0.5, 0.6) is 0 Å². The van der Waals surface area contributed by atoms with Gasteiger partial charge in [-0.15, -0.1) is 0 Å². The van der Waals surface area contributed by atoms with Gasteiger partial charge in [-0.2, -0.15) is 5.26 Å². The fraction of sp³-hybridized carbons (Fsp3) is 0.462. The van der Waals surface area contributed by atoms with E-state index in [1.807, 2.05) is 12.1 Å². The zero-order chi connectivity index (χ0) is 12.4. The van der Waals surface area contributed by atoms with E-state index in [1.165, 1.54) is 0 Å². The molecule has 0 aliphatic carbocycles. The van der Waals surface area contributed by atoms with Gasteiger partial charge in [-0.05, 0) is 26.1 Å². The normalized spacial score (nSPS) is 21.3. The zero-order valence-electron chi connectivity index (χ0n) is 10.2. The van der Waals surface area contributed by atoms with Crippen LogP contribution in [0, 0.1) is 11.3 Å². The number of benzene rings is 1. The summed E-state index contributed by atoms with van der Waals surface area (Å²) in [4.78, 5) is 4.57. The average molecular weight is 250 g/mol. The van der Waals surface area contributed by atoms with Crippen molar-refractivity contribution >= 4 is 17.3 Å². The Hall–Kier alpha value is -1.24. The Kier molecular flexibility index (Phi) is 3.56. The van der Waals surface area contributed by atoms with Crippen LogP contribution in [0.2, 0.25) is 5.02 Å². The van der Waals surface area contributed by atoms with Crippen molar-refractivity contribution in [2.45, 2.75) is 13.0 Å². The first-order valence-electron chi connectivity index (χ1n) is 5.77. The van der Waals surface area contributed by atoms with Gasteiger partial charge in [-0.3, -0.25) is 0 Å². The number of anilines is 1. The second-order valence-electron chi connectivity index (χ2n) is 4.52. The third-order valence-electron chi connectivity index (χ3n) is 3.40. The molecule has 0 amide bonds. The molecule has 1 atom stereocenters. The first-order valence-corrected chi connectivity index (χ1v) is 6.15. The van der Waals surface area contributed by atoms with Crippen LogP contribution in [0.4, 0.5) is 5.69 Å². The summed E-state index contributed by atoms with van der Waals surface area (Å²) in [5.41, 5.74) is 1.55. The molecule has 3 nitrogen and oxygen atoms in total.